The van der Waals surface area contributed by atoms with E-state index in [0.29, 0.717) is 49.2 Å². The Balaban J connectivity index is 1.53. The maximum absolute atomic E-state index is 14.0. The van der Waals surface area contributed by atoms with Crippen molar-refractivity contribution in [2.75, 3.05) is 6.61 Å². The van der Waals surface area contributed by atoms with Crippen LogP contribution in [-0.2, 0) is 11.4 Å². The predicted molar refractivity (Wildman–Crippen MR) is 150 cm³/mol. The highest BCUT2D eigenvalue weighted by atomic mass is 79.9. The largest absolute Gasteiger partial charge is 0.490 e. The van der Waals surface area contributed by atoms with Crippen molar-refractivity contribution in [1.82, 2.24) is 10.4 Å². The van der Waals surface area contributed by atoms with Gasteiger partial charge in [0.15, 0.2) is 15.8 Å². The van der Waals surface area contributed by atoms with E-state index in [-0.39, 0.29) is 16.7 Å². The summed E-state index contributed by atoms with van der Waals surface area (Å²) in [4.78, 5) is 25.9. The maximum Gasteiger partial charge on any atom is 0.285 e. The Morgan fingerprint density at radius 2 is 1.92 bits per heavy atom. The maximum atomic E-state index is 14.0. The van der Waals surface area contributed by atoms with Gasteiger partial charge < -0.3 is 9.47 Å². The predicted octanol–water partition coefficient (Wildman–Crippen LogP) is 6.77. The zero-order chi connectivity index (χ0) is 26.5. The van der Waals surface area contributed by atoms with Crippen molar-refractivity contribution in [1.29, 1.82) is 0 Å². The summed E-state index contributed by atoms with van der Waals surface area (Å²) in [6.45, 7) is 2.21. The minimum absolute atomic E-state index is 0.0106. The van der Waals surface area contributed by atoms with Gasteiger partial charge in [0.25, 0.3) is 11.8 Å². The summed E-state index contributed by atoms with van der Waals surface area (Å²) in [5.74, 6) is -0.493. The van der Waals surface area contributed by atoms with Gasteiger partial charge in [0.05, 0.1) is 16.0 Å². The number of nitrogens with one attached hydrogen (secondary N) is 1. The number of carbonyl (C=O) groups excluding carboxylic acids is 2. The highest BCUT2D eigenvalue weighted by Gasteiger charge is 2.34. The first-order valence-corrected chi connectivity index (χ1v) is 13.3. The molecule has 37 heavy (non-hydrogen) atoms. The summed E-state index contributed by atoms with van der Waals surface area (Å²) in [5, 5.41) is 1.53. The highest BCUT2D eigenvalue weighted by molar-refractivity contribution is 9.10. The zero-order valence-electron chi connectivity index (χ0n) is 19.3. The molecule has 1 fully saturated rings. The Bertz CT molecular complexity index is 1400. The molecule has 11 heteroatoms. The van der Waals surface area contributed by atoms with Crippen molar-refractivity contribution in [2.24, 2.45) is 0 Å². The van der Waals surface area contributed by atoms with E-state index >= 15 is 0 Å². The smallest absolute Gasteiger partial charge is 0.285 e. The van der Waals surface area contributed by atoms with Gasteiger partial charge in [-0.2, -0.15) is 5.01 Å². The quantitative estimate of drug-likeness (QED) is 0.221. The molecule has 0 atom stereocenters. The second-order valence-electron chi connectivity index (χ2n) is 7.61. The van der Waals surface area contributed by atoms with Gasteiger partial charge in [-0.15, -0.1) is 0 Å². The van der Waals surface area contributed by atoms with Crippen LogP contribution in [-0.4, -0.2) is 27.8 Å². The highest BCUT2D eigenvalue weighted by Crippen LogP contribution is 2.39. The second kappa shape index (κ2) is 12.1. The zero-order valence-corrected chi connectivity index (χ0v) is 23.3. The lowest BCUT2D eigenvalue weighted by molar-refractivity contribution is -0.123. The number of amides is 2. The molecule has 0 bridgehead atoms. The number of carbonyl (C=O) groups is 2. The monoisotopic (exact) mass is 620 g/mol. The van der Waals surface area contributed by atoms with Gasteiger partial charge in [0, 0.05) is 16.1 Å². The lowest BCUT2D eigenvalue weighted by Crippen LogP contribution is -2.44. The SMILES string of the molecule is CCOc1cc(/C=C2\SC(=S)N(NC(=O)c3ccc(Cl)cc3)C2=O)cc(Br)c1OCc1ccccc1F. The Morgan fingerprint density at radius 1 is 1.19 bits per heavy atom. The first-order valence-electron chi connectivity index (χ1n) is 10.9. The number of nitrogens with zero attached hydrogens (tertiary/aromatic N) is 1. The minimum atomic E-state index is -0.494. The van der Waals surface area contributed by atoms with Crippen molar-refractivity contribution in [3.63, 3.8) is 0 Å². The van der Waals surface area contributed by atoms with Gasteiger partial charge in [-0.3, -0.25) is 15.0 Å². The summed E-state index contributed by atoms with van der Waals surface area (Å²) in [7, 11) is 0. The number of hydrogen-bond donors (Lipinski definition) is 1. The molecule has 1 aliphatic heterocycles. The van der Waals surface area contributed by atoms with E-state index < -0.39 is 11.8 Å². The molecule has 3 aromatic rings. The summed E-state index contributed by atoms with van der Waals surface area (Å²) in [5.41, 5.74) is 3.91. The van der Waals surface area contributed by atoms with Crippen LogP contribution in [0.15, 0.2) is 70.0 Å². The van der Waals surface area contributed by atoms with Gasteiger partial charge in [-0.1, -0.05) is 41.6 Å². The molecule has 4 rings (SSSR count). The Labute approximate surface area is 235 Å². The Hall–Kier alpha value is -2.92. The van der Waals surface area contributed by atoms with E-state index in [2.05, 4.69) is 21.4 Å². The summed E-state index contributed by atoms with van der Waals surface area (Å²) in [6, 6.07) is 16.1. The van der Waals surface area contributed by atoms with Crippen molar-refractivity contribution >= 4 is 73.7 Å². The average molecular weight is 622 g/mol. The third-order valence-corrected chi connectivity index (χ3v) is 7.22. The average Bonchev–Trinajstić information content (AvgIpc) is 3.12. The number of rotatable bonds is 8. The standard InChI is InChI=1S/C26H19BrClFN2O4S2/c1-2-34-21-12-15(11-19(27)23(21)35-14-17-5-3-4-6-20(17)29)13-22-25(33)31(26(36)37-22)30-24(32)16-7-9-18(28)10-8-16/h3-13H,2,14H2,1H3,(H,30,32)/b22-13-. The van der Waals surface area contributed by atoms with Crippen molar-refractivity contribution in [3.8, 4) is 11.5 Å². The van der Waals surface area contributed by atoms with Gasteiger partial charge in [0.1, 0.15) is 12.4 Å². The molecular weight excluding hydrogens is 603 g/mol. The summed E-state index contributed by atoms with van der Waals surface area (Å²) < 4.78 is 26.4. The van der Waals surface area contributed by atoms with E-state index in [1.807, 2.05) is 6.92 Å². The van der Waals surface area contributed by atoms with Crippen LogP contribution in [0.4, 0.5) is 4.39 Å². The first-order chi connectivity index (χ1) is 17.8. The first kappa shape index (κ1) is 27.1. The molecular formula is C26H19BrClFN2O4S2. The molecule has 1 saturated heterocycles. The van der Waals surface area contributed by atoms with Crippen LogP contribution in [0.2, 0.25) is 5.02 Å². The molecule has 0 aromatic heterocycles. The number of hydrazine groups is 1. The Morgan fingerprint density at radius 3 is 2.62 bits per heavy atom. The number of thiocarbonyl (C=S) groups is 1. The van der Waals surface area contributed by atoms with Crippen molar-refractivity contribution < 1.29 is 23.5 Å². The molecule has 0 saturated carbocycles. The molecule has 3 aromatic carbocycles. The normalized spacial score (nSPS) is 14.3. The van der Waals surface area contributed by atoms with E-state index in [9.17, 15) is 14.0 Å². The minimum Gasteiger partial charge on any atom is -0.490 e. The van der Waals surface area contributed by atoms with E-state index in [0.717, 1.165) is 16.8 Å². The van der Waals surface area contributed by atoms with Crippen LogP contribution in [0, 0.1) is 5.82 Å². The number of ether oxygens (including phenoxy) is 2. The molecule has 190 valence electrons. The molecule has 6 nitrogen and oxygen atoms in total. The van der Waals surface area contributed by atoms with Crippen LogP contribution in [0.3, 0.4) is 0 Å². The third kappa shape index (κ3) is 6.51. The van der Waals surface area contributed by atoms with Crippen LogP contribution in [0.5, 0.6) is 11.5 Å². The van der Waals surface area contributed by atoms with Crippen molar-refractivity contribution in [3.05, 3.63) is 97.6 Å². The fourth-order valence-electron chi connectivity index (χ4n) is 3.32. The fourth-order valence-corrected chi connectivity index (χ4v) is 5.20. The summed E-state index contributed by atoms with van der Waals surface area (Å²) >= 11 is 15.7. The van der Waals surface area contributed by atoms with Gasteiger partial charge in [-0.25, -0.2) is 4.39 Å². The summed E-state index contributed by atoms with van der Waals surface area (Å²) in [6.07, 6.45) is 1.64. The molecule has 0 radical (unpaired) electrons. The van der Waals surface area contributed by atoms with E-state index in [1.54, 1.807) is 60.7 Å². The molecule has 1 heterocycles. The van der Waals surface area contributed by atoms with Gasteiger partial charge in [0.2, 0.25) is 0 Å². The number of thioether (sulfide) groups is 1. The molecule has 0 unspecified atom stereocenters. The van der Waals surface area contributed by atoms with Crippen LogP contribution < -0.4 is 14.9 Å². The molecule has 1 N–H and O–H groups in total. The topological polar surface area (TPSA) is 67.9 Å². The van der Waals surface area contributed by atoms with Gasteiger partial charge >= 0.3 is 0 Å². The van der Waals surface area contributed by atoms with Crippen LogP contribution in [0.25, 0.3) is 6.08 Å². The van der Waals surface area contributed by atoms with Crippen LogP contribution in [0.1, 0.15) is 28.4 Å². The molecule has 2 amide bonds. The van der Waals surface area contributed by atoms with E-state index in [4.69, 9.17) is 33.3 Å². The third-order valence-electron chi connectivity index (χ3n) is 5.07. The van der Waals surface area contributed by atoms with E-state index in [1.165, 1.54) is 6.07 Å². The molecule has 0 spiro atoms. The number of benzene rings is 3. The molecule has 0 aliphatic carbocycles. The lowest BCUT2D eigenvalue weighted by atomic mass is 10.1. The number of hydrogen-bond acceptors (Lipinski definition) is 6. The van der Waals surface area contributed by atoms with Crippen LogP contribution >= 0.6 is 51.5 Å². The fraction of sp³-hybridized carbons (Fsp3) is 0.115. The lowest BCUT2D eigenvalue weighted by Gasteiger charge is -2.16. The molecule has 1 aliphatic rings. The second-order valence-corrected chi connectivity index (χ2v) is 10.6. The van der Waals surface area contributed by atoms with Gasteiger partial charge in [-0.05, 0) is 89.2 Å². The number of halogens is 3. The Kier molecular flexibility index (Phi) is 8.86. The van der Waals surface area contributed by atoms with Crippen molar-refractivity contribution in [2.45, 2.75) is 13.5 Å².